The molecule has 2 heteroatoms. The molecule has 0 saturated carbocycles. The normalized spacial score (nSPS) is 12.1. The molecule has 2 rings (SSSR count). The van der Waals surface area contributed by atoms with Gasteiger partial charge in [0.2, 0.25) is 0 Å². The van der Waals surface area contributed by atoms with Crippen molar-refractivity contribution in [1.29, 1.82) is 0 Å². The summed E-state index contributed by atoms with van der Waals surface area (Å²) < 4.78 is 5.92. The minimum Gasteiger partial charge on any atom is -0.494 e. The van der Waals surface area contributed by atoms with Crippen LogP contribution in [0.15, 0.2) is 54.6 Å². The zero-order valence-corrected chi connectivity index (χ0v) is 15.8. The molecule has 25 heavy (non-hydrogen) atoms. The highest BCUT2D eigenvalue weighted by atomic mass is 16.5. The van der Waals surface area contributed by atoms with E-state index in [-0.39, 0.29) is 0 Å². The third-order valence-electron chi connectivity index (χ3n) is 4.58. The lowest BCUT2D eigenvalue weighted by molar-refractivity contribution is 0.304. The van der Waals surface area contributed by atoms with Gasteiger partial charge in [0.05, 0.1) is 6.61 Å². The molecule has 0 amide bonds. The summed E-state index contributed by atoms with van der Waals surface area (Å²) in [5.74, 6) is 0.988. The second kappa shape index (κ2) is 11.7. The van der Waals surface area contributed by atoms with Crippen LogP contribution in [0.1, 0.15) is 69.5 Å². The molecule has 0 aromatic heterocycles. The fourth-order valence-electron chi connectivity index (χ4n) is 3.07. The van der Waals surface area contributed by atoms with Crippen LogP contribution in [0, 0.1) is 0 Å². The minimum absolute atomic E-state index is 0.393. The predicted molar refractivity (Wildman–Crippen MR) is 107 cm³/mol. The molecule has 1 N–H and O–H groups in total. The van der Waals surface area contributed by atoms with Gasteiger partial charge in [-0.15, -0.1) is 0 Å². The molecule has 0 radical (unpaired) electrons. The van der Waals surface area contributed by atoms with Crippen LogP contribution in [-0.2, 0) is 6.54 Å². The van der Waals surface area contributed by atoms with Crippen LogP contribution >= 0.6 is 0 Å². The van der Waals surface area contributed by atoms with Gasteiger partial charge in [-0.05, 0) is 36.1 Å². The summed E-state index contributed by atoms with van der Waals surface area (Å²) in [4.78, 5) is 0. The molecule has 1 unspecified atom stereocenters. The Labute approximate surface area is 153 Å². The molecule has 0 aliphatic rings. The average molecular weight is 340 g/mol. The number of benzene rings is 2. The fourth-order valence-corrected chi connectivity index (χ4v) is 3.07. The second-order valence-electron chi connectivity index (χ2n) is 6.66. The first-order valence-electron chi connectivity index (χ1n) is 9.83. The molecule has 0 saturated heterocycles. The third-order valence-corrected chi connectivity index (χ3v) is 4.58. The quantitative estimate of drug-likeness (QED) is 0.460. The van der Waals surface area contributed by atoms with Crippen molar-refractivity contribution in [3.05, 3.63) is 65.7 Å². The van der Waals surface area contributed by atoms with Gasteiger partial charge in [0.15, 0.2) is 0 Å². The fraction of sp³-hybridized carbons (Fsp3) is 0.478. The summed E-state index contributed by atoms with van der Waals surface area (Å²) in [6.45, 7) is 6.16. The van der Waals surface area contributed by atoms with Gasteiger partial charge in [0.1, 0.15) is 5.75 Å². The zero-order valence-electron chi connectivity index (χ0n) is 15.8. The van der Waals surface area contributed by atoms with E-state index < -0.39 is 0 Å². The first kappa shape index (κ1) is 19.5. The van der Waals surface area contributed by atoms with Crippen LogP contribution in [-0.4, -0.2) is 6.61 Å². The van der Waals surface area contributed by atoms with E-state index in [1.165, 1.54) is 36.8 Å². The van der Waals surface area contributed by atoms with Crippen molar-refractivity contribution in [3.8, 4) is 5.75 Å². The van der Waals surface area contributed by atoms with Gasteiger partial charge in [-0.2, -0.15) is 0 Å². The molecule has 2 aromatic rings. The van der Waals surface area contributed by atoms with Crippen LogP contribution in [0.25, 0.3) is 0 Å². The minimum atomic E-state index is 0.393. The average Bonchev–Trinajstić information content (AvgIpc) is 2.66. The molecule has 0 aliphatic heterocycles. The van der Waals surface area contributed by atoms with Crippen LogP contribution in [0.5, 0.6) is 5.75 Å². The number of hydrogen-bond donors (Lipinski definition) is 1. The summed E-state index contributed by atoms with van der Waals surface area (Å²) in [6.07, 6.45) is 7.44. The predicted octanol–water partition coefficient (Wildman–Crippen LogP) is 6.28. The van der Waals surface area contributed by atoms with Gasteiger partial charge in [-0.25, -0.2) is 0 Å². The standard InChI is InChI=1S/C23H33NO/c1-3-5-6-7-11-17-25-22-16-12-13-20(18-22)19-24-23(4-2)21-14-9-8-10-15-21/h8-10,12-16,18,23-24H,3-7,11,17,19H2,1-2H3. The van der Waals surface area contributed by atoms with E-state index in [1.807, 2.05) is 0 Å². The van der Waals surface area contributed by atoms with E-state index in [0.29, 0.717) is 6.04 Å². The van der Waals surface area contributed by atoms with Crippen molar-refractivity contribution in [2.75, 3.05) is 6.61 Å². The highest BCUT2D eigenvalue weighted by molar-refractivity contribution is 5.28. The number of hydrogen-bond acceptors (Lipinski definition) is 2. The van der Waals surface area contributed by atoms with E-state index in [0.717, 1.165) is 31.7 Å². The van der Waals surface area contributed by atoms with E-state index in [9.17, 15) is 0 Å². The Bertz CT molecular complexity index is 582. The molecular weight excluding hydrogens is 306 g/mol. The highest BCUT2D eigenvalue weighted by Gasteiger charge is 2.08. The molecule has 2 nitrogen and oxygen atoms in total. The van der Waals surface area contributed by atoms with Crippen LogP contribution in [0.3, 0.4) is 0 Å². The topological polar surface area (TPSA) is 21.3 Å². The van der Waals surface area contributed by atoms with Crippen LogP contribution in [0.2, 0.25) is 0 Å². The Morgan fingerprint density at radius 1 is 0.880 bits per heavy atom. The summed E-state index contributed by atoms with van der Waals surface area (Å²) in [6, 6.07) is 19.5. The van der Waals surface area contributed by atoms with E-state index in [1.54, 1.807) is 0 Å². The summed E-state index contributed by atoms with van der Waals surface area (Å²) >= 11 is 0. The van der Waals surface area contributed by atoms with Gasteiger partial charge >= 0.3 is 0 Å². The van der Waals surface area contributed by atoms with Gasteiger partial charge in [0, 0.05) is 12.6 Å². The number of unbranched alkanes of at least 4 members (excludes halogenated alkanes) is 4. The molecule has 0 bridgehead atoms. The SMILES string of the molecule is CCCCCCCOc1cccc(CNC(CC)c2ccccc2)c1. The van der Waals surface area contributed by atoms with Crippen molar-refractivity contribution in [2.45, 2.75) is 65.0 Å². The van der Waals surface area contributed by atoms with Gasteiger partial charge in [-0.1, -0.05) is 82.0 Å². The van der Waals surface area contributed by atoms with Crippen LogP contribution in [0.4, 0.5) is 0 Å². The lowest BCUT2D eigenvalue weighted by Crippen LogP contribution is -2.20. The van der Waals surface area contributed by atoms with Gasteiger partial charge in [-0.3, -0.25) is 0 Å². The van der Waals surface area contributed by atoms with Crippen molar-refractivity contribution < 1.29 is 4.74 Å². The summed E-state index contributed by atoms with van der Waals surface area (Å²) in [5, 5.41) is 3.66. The summed E-state index contributed by atoms with van der Waals surface area (Å²) in [5.41, 5.74) is 2.63. The van der Waals surface area contributed by atoms with Crippen molar-refractivity contribution in [1.82, 2.24) is 5.32 Å². The first-order chi connectivity index (χ1) is 12.3. The molecule has 2 aromatic carbocycles. The highest BCUT2D eigenvalue weighted by Crippen LogP contribution is 2.18. The molecule has 0 fully saturated rings. The number of nitrogens with one attached hydrogen (secondary N) is 1. The Kier molecular flexibility index (Phi) is 9.14. The number of rotatable bonds is 12. The van der Waals surface area contributed by atoms with Crippen molar-refractivity contribution in [2.24, 2.45) is 0 Å². The maximum absolute atomic E-state index is 5.92. The van der Waals surface area contributed by atoms with E-state index in [2.05, 4.69) is 73.8 Å². The largest absolute Gasteiger partial charge is 0.494 e. The van der Waals surface area contributed by atoms with Gasteiger partial charge in [0.25, 0.3) is 0 Å². The first-order valence-corrected chi connectivity index (χ1v) is 9.83. The Balaban J connectivity index is 1.78. The van der Waals surface area contributed by atoms with Crippen LogP contribution < -0.4 is 10.1 Å². The Morgan fingerprint density at radius 3 is 2.44 bits per heavy atom. The number of ether oxygens (including phenoxy) is 1. The molecule has 136 valence electrons. The van der Waals surface area contributed by atoms with Crippen molar-refractivity contribution >= 4 is 0 Å². The smallest absolute Gasteiger partial charge is 0.119 e. The Morgan fingerprint density at radius 2 is 1.68 bits per heavy atom. The Hall–Kier alpha value is -1.80. The monoisotopic (exact) mass is 339 g/mol. The molecule has 1 atom stereocenters. The van der Waals surface area contributed by atoms with Gasteiger partial charge < -0.3 is 10.1 Å². The molecule has 0 aliphatic carbocycles. The van der Waals surface area contributed by atoms with Crippen molar-refractivity contribution in [3.63, 3.8) is 0 Å². The van der Waals surface area contributed by atoms with E-state index in [4.69, 9.17) is 4.74 Å². The lowest BCUT2D eigenvalue weighted by atomic mass is 10.0. The maximum Gasteiger partial charge on any atom is 0.119 e. The summed E-state index contributed by atoms with van der Waals surface area (Å²) in [7, 11) is 0. The second-order valence-corrected chi connectivity index (χ2v) is 6.66. The third kappa shape index (κ3) is 7.31. The molecule has 0 heterocycles. The zero-order chi connectivity index (χ0) is 17.7. The lowest BCUT2D eigenvalue weighted by Gasteiger charge is -2.18. The van der Waals surface area contributed by atoms with E-state index >= 15 is 0 Å². The maximum atomic E-state index is 5.92. The molecule has 0 spiro atoms. The molecular formula is C23H33NO.